The molecule has 0 spiro atoms. The van der Waals surface area contributed by atoms with E-state index in [0.29, 0.717) is 18.9 Å². The number of rotatable bonds is 6. The van der Waals surface area contributed by atoms with Crippen molar-refractivity contribution in [2.75, 3.05) is 33.3 Å². The summed E-state index contributed by atoms with van der Waals surface area (Å²) >= 11 is 0. The van der Waals surface area contributed by atoms with Gasteiger partial charge in [-0.05, 0) is 44.7 Å². The van der Waals surface area contributed by atoms with Crippen LogP contribution in [0.2, 0.25) is 0 Å². The fourth-order valence-corrected chi connectivity index (χ4v) is 2.36. The molecule has 1 unspecified atom stereocenters. The topological polar surface area (TPSA) is 52.6 Å². The highest BCUT2D eigenvalue weighted by Crippen LogP contribution is 2.19. The van der Waals surface area contributed by atoms with Crippen molar-refractivity contribution in [1.82, 2.24) is 10.2 Å². The maximum absolute atomic E-state index is 11.1. The molecule has 0 saturated carbocycles. The van der Waals surface area contributed by atoms with Crippen molar-refractivity contribution < 1.29 is 9.90 Å². The predicted octanol–water partition coefficient (Wildman–Crippen LogP) is 0.607. The summed E-state index contributed by atoms with van der Waals surface area (Å²) in [7, 11) is 1.68. The van der Waals surface area contributed by atoms with Gasteiger partial charge < -0.3 is 15.3 Å². The lowest BCUT2D eigenvalue weighted by Crippen LogP contribution is -2.36. The molecule has 1 aliphatic heterocycles. The Kier molecular flexibility index (Phi) is 6.42. The number of hydrogen-bond donors (Lipinski definition) is 2. The van der Waals surface area contributed by atoms with Gasteiger partial charge in [-0.2, -0.15) is 0 Å². The monoisotopic (exact) mass is 228 g/mol. The van der Waals surface area contributed by atoms with E-state index in [0.717, 1.165) is 32.5 Å². The highest BCUT2D eigenvalue weighted by atomic mass is 16.3. The summed E-state index contributed by atoms with van der Waals surface area (Å²) in [6.45, 7) is 3.55. The summed E-state index contributed by atoms with van der Waals surface area (Å²) < 4.78 is 0. The van der Waals surface area contributed by atoms with Crippen LogP contribution in [0.3, 0.4) is 0 Å². The maximum Gasteiger partial charge on any atom is 0.219 e. The van der Waals surface area contributed by atoms with Crippen molar-refractivity contribution >= 4 is 5.91 Å². The number of amides is 1. The summed E-state index contributed by atoms with van der Waals surface area (Å²) in [5, 5.41) is 11.6. The number of nitrogens with one attached hydrogen (secondary N) is 1. The van der Waals surface area contributed by atoms with E-state index in [-0.39, 0.29) is 5.91 Å². The first-order valence-electron chi connectivity index (χ1n) is 6.30. The Hall–Kier alpha value is -0.610. The molecule has 1 fully saturated rings. The van der Waals surface area contributed by atoms with Crippen LogP contribution in [0.4, 0.5) is 0 Å². The lowest BCUT2D eigenvalue weighted by molar-refractivity contribution is -0.120. The first kappa shape index (κ1) is 13.5. The molecule has 1 aliphatic rings. The molecule has 0 aromatic rings. The fourth-order valence-electron chi connectivity index (χ4n) is 2.36. The maximum atomic E-state index is 11.1. The molecule has 1 saturated heterocycles. The summed E-state index contributed by atoms with van der Waals surface area (Å²) in [5.74, 6) is 0.780. The normalized spacial score (nSPS) is 22.0. The Bertz CT molecular complexity index is 207. The fraction of sp³-hybridized carbons (Fsp3) is 0.917. The quantitative estimate of drug-likeness (QED) is 0.700. The van der Waals surface area contributed by atoms with Crippen LogP contribution < -0.4 is 5.32 Å². The molecule has 1 amide bonds. The standard InChI is InChI=1S/C12H24N2O2/c1-13-12(16)5-3-8-14-7-2-4-11(10-14)6-9-15/h11,15H,2-10H2,1H3,(H,13,16). The Morgan fingerprint density at radius 3 is 3.06 bits per heavy atom. The second-order valence-corrected chi connectivity index (χ2v) is 4.60. The van der Waals surface area contributed by atoms with E-state index in [2.05, 4.69) is 10.2 Å². The van der Waals surface area contributed by atoms with Crippen molar-refractivity contribution in [1.29, 1.82) is 0 Å². The van der Waals surface area contributed by atoms with E-state index in [9.17, 15) is 4.79 Å². The van der Waals surface area contributed by atoms with Gasteiger partial charge in [-0.1, -0.05) is 0 Å². The number of piperidine rings is 1. The summed E-state index contributed by atoms with van der Waals surface area (Å²) in [5.41, 5.74) is 0. The molecule has 94 valence electrons. The van der Waals surface area contributed by atoms with Crippen LogP contribution in [-0.4, -0.2) is 49.2 Å². The molecule has 4 heteroatoms. The SMILES string of the molecule is CNC(=O)CCCN1CCCC(CCO)C1. The number of nitrogens with zero attached hydrogens (tertiary/aromatic N) is 1. The number of carbonyl (C=O) groups is 1. The van der Waals surface area contributed by atoms with E-state index < -0.39 is 0 Å². The Balaban J connectivity index is 2.14. The van der Waals surface area contributed by atoms with Crippen molar-refractivity contribution in [2.24, 2.45) is 5.92 Å². The first-order valence-corrected chi connectivity index (χ1v) is 6.30. The summed E-state index contributed by atoms with van der Waals surface area (Å²) in [6.07, 6.45) is 4.95. The summed E-state index contributed by atoms with van der Waals surface area (Å²) in [6, 6.07) is 0. The van der Waals surface area contributed by atoms with Gasteiger partial charge >= 0.3 is 0 Å². The Labute approximate surface area is 98.0 Å². The van der Waals surface area contributed by atoms with Crippen LogP contribution in [0.25, 0.3) is 0 Å². The van der Waals surface area contributed by atoms with Gasteiger partial charge in [0.2, 0.25) is 5.91 Å². The number of likely N-dealkylation sites (tertiary alicyclic amines) is 1. The molecule has 2 N–H and O–H groups in total. The van der Waals surface area contributed by atoms with Gasteiger partial charge in [-0.15, -0.1) is 0 Å². The Morgan fingerprint density at radius 1 is 1.56 bits per heavy atom. The molecular weight excluding hydrogens is 204 g/mol. The molecule has 1 heterocycles. The van der Waals surface area contributed by atoms with Crippen molar-refractivity contribution in [2.45, 2.75) is 32.1 Å². The van der Waals surface area contributed by atoms with Crippen LogP contribution in [0.1, 0.15) is 32.1 Å². The Morgan fingerprint density at radius 2 is 2.38 bits per heavy atom. The third-order valence-electron chi connectivity index (χ3n) is 3.30. The van der Waals surface area contributed by atoms with Gasteiger partial charge in [0.1, 0.15) is 0 Å². The minimum Gasteiger partial charge on any atom is -0.396 e. The molecule has 0 bridgehead atoms. The number of aliphatic hydroxyl groups excluding tert-OH is 1. The number of hydrogen-bond acceptors (Lipinski definition) is 3. The molecule has 4 nitrogen and oxygen atoms in total. The van der Waals surface area contributed by atoms with Crippen molar-refractivity contribution in [3.63, 3.8) is 0 Å². The van der Waals surface area contributed by atoms with E-state index in [1.165, 1.54) is 12.8 Å². The zero-order valence-corrected chi connectivity index (χ0v) is 10.2. The molecule has 0 aromatic heterocycles. The average Bonchev–Trinajstić information content (AvgIpc) is 2.30. The van der Waals surface area contributed by atoms with E-state index >= 15 is 0 Å². The molecule has 0 radical (unpaired) electrons. The lowest BCUT2D eigenvalue weighted by Gasteiger charge is -2.32. The second kappa shape index (κ2) is 7.63. The number of carbonyl (C=O) groups excluding carboxylic acids is 1. The largest absolute Gasteiger partial charge is 0.396 e. The average molecular weight is 228 g/mol. The van der Waals surface area contributed by atoms with Gasteiger partial charge in [-0.25, -0.2) is 0 Å². The van der Waals surface area contributed by atoms with Crippen LogP contribution in [0.15, 0.2) is 0 Å². The van der Waals surface area contributed by atoms with Crippen molar-refractivity contribution in [3.8, 4) is 0 Å². The van der Waals surface area contributed by atoms with Crippen molar-refractivity contribution in [3.05, 3.63) is 0 Å². The number of aliphatic hydroxyl groups is 1. The smallest absolute Gasteiger partial charge is 0.219 e. The minimum absolute atomic E-state index is 0.129. The predicted molar refractivity (Wildman–Crippen MR) is 64.2 cm³/mol. The second-order valence-electron chi connectivity index (χ2n) is 4.60. The third-order valence-corrected chi connectivity index (χ3v) is 3.30. The molecular formula is C12H24N2O2. The highest BCUT2D eigenvalue weighted by Gasteiger charge is 2.18. The molecule has 1 atom stereocenters. The van der Waals surface area contributed by atoms with E-state index in [1.54, 1.807) is 7.05 Å². The van der Waals surface area contributed by atoms with E-state index in [4.69, 9.17) is 5.11 Å². The van der Waals surface area contributed by atoms with Crippen LogP contribution in [-0.2, 0) is 4.79 Å². The van der Waals surface area contributed by atoms with Gasteiger partial charge in [0.15, 0.2) is 0 Å². The first-order chi connectivity index (χ1) is 7.76. The zero-order valence-electron chi connectivity index (χ0n) is 10.2. The van der Waals surface area contributed by atoms with Crippen LogP contribution in [0, 0.1) is 5.92 Å². The summed E-state index contributed by atoms with van der Waals surface area (Å²) in [4.78, 5) is 13.5. The van der Waals surface area contributed by atoms with Crippen LogP contribution >= 0.6 is 0 Å². The molecule has 0 aliphatic carbocycles. The van der Waals surface area contributed by atoms with Gasteiger partial charge in [0, 0.05) is 26.6 Å². The van der Waals surface area contributed by atoms with E-state index in [1.807, 2.05) is 0 Å². The lowest BCUT2D eigenvalue weighted by atomic mass is 9.95. The van der Waals surface area contributed by atoms with Gasteiger partial charge in [0.25, 0.3) is 0 Å². The highest BCUT2D eigenvalue weighted by molar-refractivity contribution is 5.75. The zero-order chi connectivity index (χ0) is 11.8. The van der Waals surface area contributed by atoms with Gasteiger partial charge in [0.05, 0.1) is 0 Å². The van der Waals surface area contributed by atoms with Gasteiger partial charge in [-0.3, -0.25) is 4.79 Å². The minimum atomic E-state index is 0.129. The molecule has 0 aromatic carbocycles. The molecule has 16 heavy (non-hydrogen) atoms. The third kappa shape index (κ3) is 4.94. The van der Waals surface area contributed by atoms with Crippen LogP contribution in [0.5, 0.6) is 0 Å². The molecule has 1 rings (SSSR count).